The van der Waals surface area contributed by atoms with Crippen LogP contribution in [0.4, 0.5) is 5.69 Å². The van der Waals surface area contributed by atoms with E-state index < -0.39 is 22.8 Å². The number of ether oxygens (including phenoxy) is 2. The molecule has 4 rings (SSSR count). The lowest BCUT2D eigenvalue weighted by Crippen LogP contribution is -2.62. The Hall–Kier alpha value is -4.54. The second kappa shape index (κ2) is 9.84. The van der Waals surface area contributed by atoms with Gasteiger partial charge >= 0.3 is 11.9 Å². The van der Waals surface area contributed by atoms with Crippen LogP contribution in [-0.2, 0) is 14.3 Å². The number of β-lactam (4-membered cyclic amide) rings is 1. The summed E-state index contributed by atoms with van der Waals surface area (Å²) in [5.41, 5.74) is 5.77. The smallest absolute Gasteiger partial charge is 0.363 e. The minimum absolute atomic E-state index is 0.0385. The molecular weight excluding hydrogens is 482 g/mol. The number of hydrogen-bond donors (Lipinski definition) is 1. The molecule has 11 heteroatoms. The predicted octanol–water partition coefficient (Wildman–Crippen LogP) is 2.84. The van der Waals surface area contributed by atoms with Gasteiger partial charge in [-0.25, -0.2) is 9.59 Å². The first kappa shape index (κ1) is 25.5. The molecule has 0 aliphatic carbocycles. The van der Waals surface area contributed by atoms with Crippen LogP contribution in [0.2, 0.25) is 0 Å². The lowest BCUT2D eigenvalue weighted by molar-refractivity contribution is -0.384. The van der Waals surface area contributed by atoms with Gasteiger partial charge in [-0.1, -0.05) is 20.8 Å². The van der Waals surface area contributed by atoms with Crippen LogP contribution in [0.15, 0.2) is 59.8 Å². The molecule has 1 fully saturated rings. The number of nitrogens with zero attached hydrogens (tertiary/aromatic N) is 2. The highest BCUT2D eigenvalue weighted by Crippen LogP contribution is 2.48. The van der Waals surface area contributed by atoms with Crippen LogP contribution in [0.5, 0.6) is 5.75 Å². The van der Waals surface area contributed by atoms with Crippen molar-refractivity contribution in [2.24, 2.45) is 23.5 Å². The largest absolute Gasteiger partial charge is 0.489 e. The summed E-state index contributed by atoms with van der Waals surface area (Å²) in [7, 11) is 0. The van der Waals surface area contributed by atoms with Crippen molar-refractivity contribution in [2.75, 3.05) is 6.61 Å². The Labute approximate surface area is 212 Å². The summed E-state index contributed by atoms with van der Waals surface area (Å²) in [6.07, 6.45) is 0. The molecule has 0 aromatic heterocycles. The molecule has 2 aromatic rings. The molecule has 37 heavy (non-hydrogen) atoms. The molecule has 3 atom stereocenters. The molecule has 192 valence electrons. The van der Waals surface area contributed by atoms with E-state index in [1.807, 2.05) is 20.8 Å². The zero-order valence-corrected chi connectivity index (χ0v) is 20.4. The van der Waals surface area contributed by atoms with Gasteiger partial charge in [0.15, 0.2) is 0 Å². The van der Waals surface area contributed by atoms with Crippen molar-refractivity contribution in [1.82, 2.24) is 4.90 Å². The third-order valence-corrected chi connectivity index (χ3v) is 6.74. The summed E-state index contributed by atoms with van der Waals surface area (Å²) < 4.78 is 10.9. The van der Waals surface area contributed by atoms with Gasteiger partial charge in [0.25, 0.3) is 5.69 Å². The van der Waals surface area contributed by atoms with Crippen LogP contribution >= 0.6 is 0 Å². The van der Waals surface area contributed by atoms with Gasteiger partial charge in [-0.05, 0) is 42.3 Å². The molecular formula is C26H25N3O8. The van der Waals surface area contributed by atoms with Crippen molar-refractivity contribution < 1.29 is 33.6 Å². The summed E-state index contributed by atoms with van der Waals surface area (Å²) in [5, 5.41) is 10.8. The number of hydrogen-bond acceptors (Lipinski definition) is 8. The van der Waals surface area contributed by atoms with Crippen LogP contribution in [0.3, 0.4) is 0 Å². The van der Waals surface area contributed by atoms with E-state index in [4.69, 9.17) is 15.2 Å². The molecule has 0 spiro atoms. The first-order chi connectivity index (χ1) is 17.5. The van der Waals surface area contributed by atoms with Crippen molar-refractivity contribution in [3.8, 4) is 5.75 Å². The first-order valence-electron chi connectivity index (χ1n) is 11.6. The number of carbonyl (C=O) groups excluding carboxylic acids is 4. The highest BCUT2D eigenvalue weighted by molar-refractivity contribution is 6.06. The number of amides is 2. The topological polar surface area (TPSA) is 159 Å². The minimum Gasteiger partial charge on any atom is -0.489 e. The first-order valence-corrected chi connectivity index (χ1v) is 11.6. The molecule has 0 bridgehead atoms. The molecule has 0 saturated carbocycles. The average Bonchev–Trinajstić information content (AvgIpc) is 3.10. The average molecular weight is 507 g/mol. The van der Waals surface area contributed by atoms with Gasteiger partial charge in [-0.2, -0.15) is 0 Å². The fraction of sp³-hybridized carbons (Fsp3) is 0.308. The van der Waals surface area contributed by atoms with Crippen molar-refractivity contribution in [3.05, 3.63) is 81.0 Å². The third-order valence-electron chi connectivity index (χ3n) is 6.74. The second-order valence-corrected chi connectivity index (χ2v) is 9.29. The summed E-state index contributed by atoms with van der Waals surface area (Å²) >= 11 is 0. The van der Waals surface area contributed by atoms with Gasteiger partial charge in [-0.3, -0.25) is 19.7 Å². The fourth-order valence-electron chi connectivity index (χ4n) is 4.80. The Bertz CT molecular complexity index is 1310. The lowest BCUT2D eigenvalue weighted by Gasteiger charge is -2.47. The molecule has 2 aromatic carbocycles. The maximum absolute atomic E-state index is 13.2. The van der Waals surface area contributed by atoms with Crippen LogP contribution in [0.1, 0.15) is 41.5 Å². The van der Waals surface area contributed by atoms with Crippen LogP contribution in [-0.4, -0.2) is 46.2 Å². The number of esters is 2. The van der Waals surface area contributed by atoms with E-state index in [0.717, 1.165) is 12.1 Å². The van der Waals surface area contributed by atoms with Crippen LogP contribution < -0.4 is 10.5 Å². The quantitative estimate of drug-likeness (QED) is 0.188. The Kier molecular flexibility index (Phi) is 6.80. The van der Waals surface area contributed by atoms with Gasteiger partial charge in [0.05, 0.1) is 22.4 Å². The molecule has 11 nitrogen and oxygen atoms in total. The van der Waals surface area contributed by atoms with Gasteiger partial charge in [0, 0.05) is 29.2 Å². The van der Waals surface area contributed by atoms with E-state index in [2.05, 4.69) is 0 Å². The Balaban J connectivity index is 1.59. The second-order valence-electron chi connectivity index (χ2n) is 9.29. The SMILES string of the molecule is CC(C)[C@H]1C(=O)N2C(C(=O)OC(=O)c3ccc([N+](=O)[O-])cc3)=C(COc3ccc(C(N)=O)cc3)[C@H](C)[C@H]12. The van der Waals surface area contributed by atoms with Crippen molar-refractivity contribution in [2.45, 2.75) is 26.8 Å². The number of benzene rings is 2. The molecule has 2 aliphatic rings. The molecule has 2 N–H and O–H groups in total. The van der Waals surface area contributed by atoms with Crippen molar-refractivity contribution in [3.63, 3.8) is 0 Å². The lowest BCUT2D eigenvalue weighted by atomic mass is 9.74. The van der Waals surface area contributed by atoms with Gasteiger partial charge < -0.3 is 20.1 Å². The van der Waals surface area contributed by atoms with E-state index >= 15 is 0 Å². The molecule has 2 aliphatic heterocycles. The van der Waals surface area contributed by atoms with E-state index in [0.29, 0.717) is 16.9 Å². The number of primary amides is 1. The van der Waals surface area contributed by atoms with Gasteiger partial charge in [0.1, 0.15) is 18.1 Å². The predicted molar refractivity (Wildman–Crippen MR) is 129 cm³/mol. The molecule has 1 saturated heterocycles. The van der Waals surface area contributed by atoms with Crippen molar-refractivity contribution in [1.29, 1.82) is 0 Å². The summed E-state index contributed by atoms with van der Waals surface area (Å²) in [4.78, 5) is 61.7. The van der Waals surface area contributed by atoms with E-state index in [1.54, 1.807) is 12.1 Å². The zero-order chi connectivity index (χ0) is 27.0. The molecule has 2 amide bonds. The highest BCUT2D eigenvalue weighted by Gasteiger charge is 2.59. The third kappa shape index (κ3) is 4.67. The standard InChI is InChI=1S/C26H25N3O8/c1-13(2)20-21-14(3)19(12-36-18-10-6-15(7-11-18)23(27)30)22(28(21)24(20)31)26(33)37-25(32)16-4-8-17(9-5-16)29(34)35/h4-11,13-14,20-21H,12H2,1-3H3,(H2,27,30)/t14-,20+,21+/m0/s1. The summed E-state index contributed by atoms with van der Waals surface area (Å²) in [6.45, 7) is 5.68. The highest BCUT2D eigenvalue weighted by atomic mass is 16.6. The minimum atomic E-state index is -1.00. The number of carbonyl (C=O) groups is 4. The van der Waals surface area contributed by atoms with E-state index in [9.17, 15) is 29.3 Å². The summed E-state index contributed by atoms with van der Waals surface area (Å²) in [5.74, 6) is -2.90. The normalized spacial score (nSPS) is 20.4. The van der Waals surface area contributed by atoms with Crippen LogP contribution in [0, 0.1) is 27.9 Å². The summed E-state index contributed by atoms with van der Waals surface area (Å²) in [6, 6.07) is 10.5. The Morgan fingerprint density at radius 1 is 1.03 bits per heavy atom. The Morgan fingerprint density at radius 3 is 2.16 bits per heavy atom. The monoisotopic (exact) mass is 507 g/mol. The fourth-order valence-corrected chi connectivity index (χ4v) is 4.80. The number of rotatable bonds is 8. The number of fused-ring (bicyclic) bond motifs is 1. The van der Waals surface area contributed by atoms with E-state index in [1.165, 1.54) is 29.2 Å². The maximum Gasteiger partial charge on any atom is 0.363 e. The van der Waals surface area contributed by atoms with Gasteiger partial charge in [0.2, 0.25) is 11.8 Å². The number of non-ortho nitro benzene ring substituents is 1. The number of nitro benzene ring substituents is 1. The molecule has 0 unspecified atom stereocenters. The maximum atomic E-state index is 13.2. The molecule has 2 heterocycles. The van der Waals surface area contributed by atoms with E-state index in [-0.39, 0.29) is 53.3 Å². The Morgan fingerprint density at radius 2 is 1.62 bits per heavy atom. The van der Waals surface area contributed by atoms with Crippen molar-refractivity contribution >= 4 is 29.4 Å². The number of nitro groups is 1. The number of nitrogens with two attached hydrogens (primary N) is 1. The van der Waals surface area contributed by atoms with Crippen LogP contribution in [0.25, 0.3) is 0 Å². The van der Waals surface area contributed by atoms with Gasteiger partial charge in [-0.15, -0.1) is 0 Å². The zero-order valence-electron chi connectivity index (χ0n) is 20.4. The molecule has 0 radical (unpaired) electrons.